The van der Waals surface area contributed by atoms with Crippen molar-refractivity contribution in [1.29, 1.82) is 0 Å². The average Bonchev–Trinajstić information content (AvgIpc) is 2.60. The van der Waals surface area contributed by atoms with Gasteiger partial charge in [0.15, 0.2) is 6.54 Å². The van der Waals surface area contributed by atoms with Crippen LogP contribution in [0.5, 0.6) is 0 Å². The minimum Gasteiger partial charge on any atom is -0.332 e. The number of amides is 2. The lowest BCUT2D eigenvalue weighted by Crippen LogP contribution is -3.08. The van der Waals surface area contributed by atoms with Crippen molar-refractivity contribution in [2.24, 2.45) is 0 Å². The van der Waals surface area contributed by atoms with E-state index < -0.39 is 0 Å². The van der Waals surface area contributed by atoms with E-state index >= 15 is 0 Å². The molecule has 0 aliphatic carbocycles. The molecule has 0 aromatic heterocycles. The molecule has 2 aromatic rings. The largest absolute Gasteiger partial charge is 0.332 e. The van der Waals surface area contributed by atoms with Crippen LogP contribution >= 0.6 is 11.6 Å². The van der Waals surface area contributed by atoms with Crippen LogP contribution < -0.4 is 10.2 Å². The summed E-state index contributed by atoms with van der Waals surface area (Å²) in [5, 5.41) is 3.58. The van der Waals surface area contributed by atoms with Crippen molar-refractivity contribution in [3.8, 4) is 0 Å². The number of halogens is 1. The number of carbonyl (C=O) groups is 2. The lowest BCUT2D eigenvalue weighted by molar-refractivity contribution is -0.885. The molecule has 0 aliphatic heterocycles. The van der Waals surface area contributed by atoms with Gasteiger partial charge in [-0.15, -0.1) is 0 Å². The highest BCUT2D eigenvalue weighted by atomic mass is 35.5. The molecule has 0 fully saturated rings. The number of hydrogen-bond donors (Lipinski definition) is 2. The summed E-state index contributed by atoms with van der Waals surface area (Å²) in [6, 6.07) is 13.5. The molecule has 0 saturated heterocycles. The SMILES string of the molecule is Cc1ccc(C)c(NC(=O)CN(C)C(=O)C[NH+](C)Cc2ccc(Cl)cc2)c1. The van der Waals surface area contributed by atoms with E-state index in [0.29, 0.717) is 18.1 Å². The zero-order valence-electron chi connectivity index (χ0n) is 16.3. The number of likely N-dealkylation sites (N-methyl/N-ethyl adjacent to an activating group) is 2. The van der Waals surface area contributed by atoms with Gasteiger partial charge >= 0.3 is 0 Å². The molecule has 2 aromatic carbocycles. The summed E-state index contributed by atoms with van der Waals surface area (Å²) < 4.78 is 0. The molecule has 0 radical (unpaired) electrons. The van der Waals surface area contributed by atoms with Crippen molar-refractivity contribution >= 4 is 29.1 Å². The number of rotatable bonds is 7. The molecule has 1 atom stereocenters. The Labute approximate surface area is 165 Å². The second-order valence-corrected chi connectivity index (χ2v) is 7.49. The molecule has 1 unspecified atom stereocenters. The standard InChI is InChI=1S/C21H26ClN3O2/c1-15-5-6-16(2)19(11-15)23-20(26)13-25(4)21(27)14-24(3)12-17-7-9-18(22)10-8-17/h5-11H,12-14H2,1-4H3,(H,23,26)/p+1. The average molecular weight is 389 g/mol. The summed E-state index contributed by atoms with van der Waals surface area (Å²) >= 11 is 5.89. The van der Waals surface area contributed by atoms with Crippen LogP contribution in [-0.2, 0) is 16.1 Å². The van der Waals surface area contributed by atoms with Gasteiger partial charge in [-0.1, -0.05) is 35.9 Å². The maximum absolute atomic E-state index is 12.4. The predicted octanol–water partition coefficient (Wildman–Crippen LogP) is 2.07. The first-order chi connectivity index (χ1) is 12.7. The number of aryl methyl sites for hydroxylation is 2. The van der Waals surface area contributed by atoms with Gasteiger partial charge < -0.3 is 15.1 Å². The van der Waals surface area contributed by atoms with Gasteiger partial charge in [0, 0.05) is 23.3 Å². The van der Waals surface area contributed by atoms with Gasteiger partial charge in [0.05, 0.1) is 13.6 Å². The van der Waals surface area contributed by atoms with E-state index in [1.54, 1.807) is 7.05 Å². The Morgan fingerprint density at radius 1 is 1.11 bits per heavy atom. The number of nitrogens with zero attached hydrogens (tertiary/aromatic N) is 1. The summed E-state index contributed by atoms with van der Waals surface area (Å²) in [4.78, 5) is 27.2. The fourth-order valence-corrected chi connectivity index (χ4v) is 2.90. The molecule has 0 spiro atoms. The van der Waals surface area contributed by atoms with E-state index in [0.717, 1.165) is 27.3 Å². The zero-order chi connectivity index (χ0) is 20.0. The molecule has 2 amide bonds. The van der Waals surface area contributed by atoms with Gasteiger partial charge in [0.25, 0.3) is 5.91 Å². The summed E-state index contributed by atoms with van der Waals surface area (Å²) in [7, 11) is 3.61. The highest BCUT2D eigenvalue weighted by Gasteiger charge is 2.18. The first kappa shape index (κ1) is 20.9. The summed E-state index contributed by atoms with van der Waals surface area (Å²) in [5.74, 6) is -0.271. The highest BCUT2D eigenvalue weighted by molar-refractivity contribution is 6.30. The number of carbonyl (C=O) groups excluding carboxylic acids is 2. The number of hydrogen-bond acceptors (Lipinski definition) is 2. The van der Waals surface area contributed by atoms with Gasteiger partial charge in [0.2, 0.25) is 5.91 Å². The predicted molar refractivity (Wildman–Crippen MR) is 109 cm³/mol. The van der Waals surface area contributed by atoms with Crippen LogP contribution in [0.2, 0.25) is 5.02 Å². The minimum absolute atomic E-state index is 0.0282. The van der Waals surface area contributed by atoms with Crippen LogP contribution in [0, 0.1) is 13.8 Å². The third kappa shape index (κ3) is 6.70. The number of nitrogens with one attached hydrogen (secondary N) is 2. The molecular formula is C21H27ClN3O2+. The molecule has 0 bridgehead atoms. The van der Waals surface area contributed by atoms with Gasteiger partial charge in [-0.2, -0.15) is 0 Å². The van der Waals surface area contributed by atoms with Crippen LogP contribution in [0.3, 0.4) is 0 Å². The molecule has 2 N–H and O–H groups in total. The van der Waals surface area contributed by atoms with Crippen molar-refractivity contribution in [3.05, 3.63) is 64.2 Å². The lowest BCUT2D eigenvalue weighted by atomic mass is 10.1. The van der Waals surface area contributed by atoms with Crippen LogP contribution in [0.15, 0.2) is 42.5 Å². The fraction of sp³-hybridized carbons (Fsp3) is 0.333. The van der Waals surface area contributed by atoms with Crippen molar-refractivity contribution in [2.45, 2.75) is 20.4 Å². The Morgan fingerprint density at radius 2 is 1.78 bits per heavy atom. The molecule has 144 valence electrons. The summed E-state index contributed by atoms with van der Waals surface area (Å²) in [5.41, 5.74) is 3.97. The van der Waals surface area contributed by atoms with Crippen molar-refractivity contribution in [3.63, 3.8) is 0 Å². The van der Waals surface area contributed by atoms with E-state index in [1.807, 2.05) is 63.4 Å². The number of quaternary nitrogens is 1. The van der Waals surface area contributed by atoms with Crippen LogP contribution in [0.1, 0.15) is 16.7 Å². The Morgan fingerprint density at radius 3 is 2.44 bits per heavy atom. The first-order valence-corrected chi connectivity index (χ1v) is 9.29. The molecule has 2 rings (SSSR count). The molecule has 0 aliphatic rings. The topological polar surface area (TPSA) is 53.9 Å². The van der Waals surface area contributed by atoms with Crippen LogP contribution in [0.4, 0.5) is 5.69 Å². The van der Waals surface area contributed by atoms with Crippen LogP contribution in [0.25, 0.3) is 0 Å². The van der Waals surface area contributed by atoms with Crippen molar-refractivity contribution < 1.29 is 14.5 Å². The zero-order valence-corrected chi connectivity index (χ0v) is 17.1. The van der Waals surface area contributed by atoms with Gasteiger partial charge in [-0.05, 0) is 43.2 Å². The lowest BCUT2D eigenvalue weighted by Gasteiger charge is -2.20. The molecular weight excluding hydrogens is 362 g/mol. The smallest absolute Gasteiger partial charge is 0.277 e. The highest BCUT2D eigenvalue weighted by Crippen LogP contribution is 2.16. The van der Waals surface area contributed by atoms with Gasteiger partial charge in [-0.25, -0.2) is 0 Å². The Balaban J connectivity index is 1.84. The molecule has 5 nitrogen and oxygen atoms in total. The van der Waals surface area contributed by atoms with Crippen molar-refractivity contribution in [2.75, 3.05) is 32.5 Å². The third-order valence-corrected chi connectivity index (χ3v) is 4.60. The Bertz CT molecular complexity index is 806. The van der Waals surface area contributed by atoms with E-state index in [1.165, 1.54) is 4.90 Å². The summed E-state index contributed by atoms with van der Waals surface area (Å²) in [6.45, 7) is 4.98. The molecule has 0 heterocycles. The van der Waals surface area contributed by atoms with Crippen LogP contribution in [-0.4, -0.2) is 43.9 Å². The quantitative estimate of drug-likeness (QED) is 0.763. The van der Waals surface area contributed by atoms with Gasteiger partial charge in [-0.3, -0.25) is 9.59 Å². The number of anilines is 1. The summed E-state index contributed by atoms with van der Waals surface area (Å²) in [6.07, 6.45) is 0. The Hall–Kier alpha value is -2.37. The van der Waals surface area contributed by atoms with E-state index in [4.69, 9.17) is 11.6 Å². The Kier molecular flexibility index (Phi) is 7.39. The maximum Gasteiger partial charge on any atom is 0.277 e. The van der Waals surface area contributed by atoms with E-state index in [2.05, 4.69) is 5.32 Å². The van der Waals surface area contributed by atoms with Crippen molar-refractivity contribution in [1.82, 2.24) is 4.90 Å². The molecule has 6 heteroatoms. The van der Waals surface area contributed by atoms with E-state index in [9.17, 15) is 9.59 Å². The monoisotopic (exact) mass is 388 g/mol. The maximum atomic E-state index is 12.4. The third-order valence-electron chi connectivity index (χ3n) is 4.35. The van der Waals surface area contributed by atoms with E-state index in [-0.39, 0.29) is 18.4 Å². The second kappa shape index (κ2) is 9.53. The molecule has 27 heavy (non-hydrogen) atoms. The second-order valence-electron chi connectivity index (χ2n) is 7.05. The van der Waals surface area contributed by atoms with Gasteiger partial charge in [0.1, 0.15) is 6.54 Å². The number of benzene rings is 2. The fourth-order valence-electron chi connectivity index (χ4n) is 2.77. The first-order valence-electron chi connectivity index (χ1n) is 8.91. The normalized spacial score (nSPS) is 11.7. The molecule has 0 saturated carbocycles. The minimum atomic E-state index is -0.199.